The Balaban J connectivity index is 0.000000162. The van der Waals surface area contributed by atoms with Crippen LogP contribution in [-0.2, 0) is 56.4 Å². The molecule has 0 spiro atoms. The average Bonchev–Trinajstić information content (AvgIpc) is 0.793. The van der Waals surface area contributed by atoms with E-state index in [1.54, 1.807) is 54.7 Å². The molecule has 0 aliphatic heterocycles. The number of nitrogens with zero attached hydrogens (tertiary/aromatic N) is 8. The van der Waals surface area contributed by atoms with Gasteiger partial charge in [-0.15, -0.1) is 0 Å². The summed E-state index contributed by atoms with van der Waals surface area (Å²) in [4.78, 5) is 0. The van der Waals surface area contributed by atoms with Crippen LogP contribution in [0.2, 0.25) is 0 Å². The van der Waals surface area contributed by atoms with Gasteiger partial charge in [0.2, 0.25) is 22.8 Å². The van der Waals surface area contributed by atoms with E-state index in [1.807, 2.05) is 133 Å². The Morgan fingerprint density at radius 2 is 0.613 bits per heavy atom. The van der Waals surface area contributed by atoms with Crippen molar-refractivity contribution in [1.29, 1.82) is 0 Å². The van der Waals surface area contributed by atoms with Crippen LogP contribution >= 0.6 is 0 Å². The molecular weight excluding hydrogens is 1130 g/mol. The normalized spacial score (nSPS) is 13.3. The highest BCUT2D eigenvalue weighted by molar-refractivity contribution is 5.69. The van der Waals surface area contributed by atoms with E-state index >= 15 is 0 Å². The molecule has 93 heavy (non-hydrogen) atoms. The lowest BCUT2D eigenvalue weighted by Gasteiger charge is -2.12. The molecule has 8 aromatic heterocycles. The molecule has 8 heteroatoms. The molecule has 12 rings (SSSR count). The first-order valence-electron chi connectivity index (χ1n) is 37.4. The van der Waals surface area contributed by atoms with Crippen LogP contribution in [-0.4, -0.2) is 0 Å². The smallest absolute Gasteiger partial charge is 0.196 e. The highest BCUT2D eigenvalue weighted by Gasteiger charge is 2.30. The second-order valence-corrected chi connectivity index (χ2v) is 24.8. The Morgan fingerprint density at radius 1 is 0.226 bits per heavy atom. The molecule has 0 fully saturated rings. The zero-order chi connectivity index (χ0) is 77.1. The van der Waals surface area contributed by atoms with Gasteiger partial charge in [-0.05, 0) is 184 Å². The van der Waals surface area contributed by atoms with E-state index in [0.717, 1.165) is 90.2 Å². The molecule has 0 bridgehead atoms. The van der Waals surface area contributed by atoms with Crippen LogP contribution in [0.15, 0.2) is 213 Å². The van der Waals surface area contributed by atoms with E-state index in [-0.39, 0.29) is 5.56 Å². The molecule has 470 valence electrons. The Kier molecular flexibility index (Phi) is 16.5. The number of aromatic nitrogens is 8. The van der Waals surface area contributed by atoms with E-state index in [0.29, 0.717) is 16.7 Å². The minimum Gasteiger partial charge on any atom is -0.196 e. The summed E-state index contributed by atoms with van der Waals surface area (Å²) >= 11 is 0. The maximum absolute atomic E-state index is 7.70. The van der Waals surface area contributed by atoms with Gasteiger partial charge in [0.15, 0.2) is 24.8 Å². The molecular formula is C85H98N8+8. The summed E-state index contributed by atoms with van der Waals surface area (Å²) in [7, 11) is 16.3. The molecule has 0 amide bonds. The highest BCUT2D eigenvalue weighted by Crippen LogP contribution is 2.30. The zero-order valence-corrected chi connectivity index (χ0v) is 57.3. The quantitative estimate of drug-likeness (QED) is 0.136. The van der Waals surface area contributed by atoms with Crippen molar-refractivity contribution in [1.82, 2.24) is 0 Å². The number of rotatable bonds is 8. The molecule has 0 saturated heterocycles. The van der Waals surface area contributed by atoms with Gasteiger partial charge >= 0.3 is 0 Å². The molecule has 12 aromatic rings. The SMILES string of the molecule is Cc1ccc(-c2c(C)cc(C)c(-c3cccc[n+]3C)[n+]2C)c(C)c1.[2H]C([2H])([2H])c1ccc(-c2cc(C)cc(-c3cccc[n+]3C)[n+]2C)c(C)c1.[2H]C([2H])([2H])c1ccc(-c2cccc(-c3cc(C([2H])([2H])[2H])cc[n+]3C)[n+]2C)c(C)c1.[2H]C([2H])([2H])c1ccc(-c2cccc(-c3ccc(C)c[n+]3C)[n+]2C)c(C)c1. The van der Waals surface area contributed by atoms with Crippen LogP contribution in [0.3, 0.4) is 0 Å². The maximum atomic E-state index is 7.70. The second-order valence-electron chi connectivity index (χ2n) is 24.8. The van der Waals surface area contributed by atoms with E-state index in [9.17, 15) is 0 Å². The number of hydrogen-bond acceptors (Lipinski definition) is 0. The standard InChI is InChI=1S/C22H26N2.3C21H24N2/c1-15-10-11-19(16(2)13-15)21-17(3)14-18(4)22(24(21)6)20-9-7-8-12-23(20)5;1-15-9-11-18(17(3)13-15)19-7-6-8-21(23(19)5)20-12-10-16(2)14-22(20)4;1-15-9-10-18(17(3)13-15)19-7-6-8-20(23(19)5)21-14-16(2)11-12-22(21)4;1-15-9-10-18(17(3)12-15)20-13-16(2)14-21(23(20)5)19-8-6-7-11-22(19)4/h7-14H,1-6H3;3*6-14H,1-5H3/q4*+2/i;1D3;1D3,2D3;1D3. The van der Waals surface area contributed by atoms with Gasteiger partial charge in [-0.2, -0.15) is 36.5 Å². The molecule has 0 atom stereocenters. The molecule has 0 N–H and O–H groups in total. The lowest BCUT2D eigenvalue weighted by molar-refractivity contribution is -0.685. The Bertz CT molecular complexity index is 5240. The zero-order valence-electron chi connectivity index (χ0n) is 69.3. The fourth-order valence-corrected chi connectivity index (χ4v) is 12.7. The van der Waals surface area contributed by atoms with E-state index in [1.165, 1.54) is 50.5 Å². The first-order valence-corrected chi connectivity index (χ1v) is 31.4. The van der Waals surface area contributed by atoms with Crippen LogP contribution in [0, 0.1) is 89.7 Å². The lowest BCUT2D eigenvalue weighted by Crippen LogP contribution is -2.41. The van der Waals surface area contributed by atoms with Crippen molar-refractivity contribution in [2.75, 3.05) is 0 Å². The van der Waals surface area contributed by atoms with Crippen molar-refractivity contribution in [3.63, 3.8) is 0 Å². The van der Waals surface area contributed by atoms with Crippen molar-refractivity contribution in [2.45, 2.75) is 89.7 Å². The van der Waals surface area contributed by atoms with Crippen LogP contribution in [0.4, 0.5) is 0 Å². The fraction of sp³-hybridized carbons (Fsp3) is 0.247. The van der Waals surface area contributed by atoms with Crippen molar-refractivity contribution < 1.29 is 53.0 Å². The van der Waals surface area contributed by atoms with Gasteiger partial charge in [0.1, 0.15) is 56.4 Å². The topological polar surface area (TPSA) is 31.0 Å². The molecule has 4 aromatic carbocycles. The van der Waals surface area contributed by atoms with Crippen LogP contribution in [0.5, 0.6) is 0 Å². The van der Waals surface area contributed by atoms with Gasteiger partial charge in [-0.1, -0.05) is 70.8 Å². The third-order valence-electron chi connectivity index (χ3n) is 17.5. The van der Waals surface area contributed by atoms with Crippen LogP contribution in [0.1, 0.15) is 88.8 Å². The Labute approximate surface area is 572 Å². The summed E-state index contributed by atoms with van der Waals surface area (Å²) in [5.74, 6) is 0. The van der Waals surface area contributed by atoms with E-state index in [4.69, 9.17) is 16.4 Å². The molecule has 0 saturated carbocycles. The lowest BCUT2D eigenvalue weighted by atomic mass is 9.97. The first-order chi connectivity index (χ1) is 49.1. The van der Waals surface area contributed by atoms with Gasteiger partial charge in [0, 0.05) is 134 Å². The third-order valence-corrected chi connectivity index (χ3v) is 17.5. The Hall–Kier alpha value is -9.92. The maximum Gasteiger partial charge on any atom is 0.280 e. The van der Waals surface area contributed by atoms with Crippen molar-refractivity contribution in [2.24, 2.45) is 56.4 Å². The minimum atomic E-state index is -2.18. The van der Waals surface area contributed by atoms with Crippen molar-refractivity contribution in [3.8, 4) is 90.6 Å². The number of aryl methyl sites for hydroxylation is 17. The van der Waals surface area contributed by atoms with Gasteiger partial charge < -0.3 is 0 Å². The fourth-order valence-electron chi connectivity index (χ4n) is 12.7. The predicted octanol–water partition coefficient (Wildman–Crippen LogP) is 14.7. The molecule has 8 heterocycles. The van der Waals surface area contributed by atoms with Gasteiger partial charge in [0.25, 0.3) is 45.6 Å². The molecule has 0 unspecified atom stereocenters. The highest BCUT2D eigenvalue weighted by atomic mass is 15.0. The summed E-state index contributed by atoms with van der Waals surface area (Å²) in [5.41, 5.74) is 29.0. The predicted molar refractivity (Wildman–Crippen MR) is 380 cm³/mol. The van der Waals surface area contributed by atoms with Gasteiger partial charge in [-0.3, -0.25) is 0 Å². The summed E-state index contributed by atoms with van der Waals surface area (Å²) in [5, 5.41) is 0. The monoisotopic (exact) mass is 1240 g/mol. The van der Waals surface area contributed by atoms with Crippen LogP contribution in [0.25, 0.3) is 90.6 Å². The molecule has 8 nitrogen and oxygen atoms in total. The van der Waals surface area contributed by atoms with Crippen LogP contribution < -0.4 is 36.5 Å². The van der Waals surface area contributed by atoms with Gasteiger partial charge in [0.05, 0.1) is 0 Å². The summed E-state index contributed by atoms with van der Waals surface area (Å²) in [6.07, 6.45) is 8.00. The summed E-state index contributed by atoms with van der Waals surface area (Å²) in [6.45, 7) is 10.3. The summed E-state index contributed by atoms with van der Waals surface area (Å²) in [6, 6.07) is 61.3. The largest absolute Gasteiger partial charge is 0.280 e. The van der Waals surface area contributed by atoms with Gasteiger partial charge in [-0.25, -0.2) is 0 Å². The van der Waals surface area contributed by atoms with E-state index < -0.39 is 27.4 Å². The number of hydrogen-bond donors (Lipinski definition) is 0. The molecule has 0 aliphatic rings. The van der Waals surface area contributed by atoms with E-state index in [2.05, 4.69) is 180 Å². The van der Waals surface area contributed by atoms with Crippen molar-refractivity contribution >= 4 is 0 Å². The molecule has 0 aliphatic carbocycles. The summed E-state index contributed by atoms with van der Waals surface area (Å²) < 4.78 is 109. The minimum absolute atomic E-state index is 0.286. The van der Waals surface area contributed by atoms with Crippen molar-refractivity contribution in [3.05, 3.63) is 285 Å². The third kappa shape index (κ3) is 15.2. The average molecular weight is 1240 g/mol. The molecule has 0 radical (unpaired) electrons. The number of benzene rings is 4. The number of pyridine rings is 8. The first kappa shape index (κ1) is 52.7. The Morgan fingerprint density at radius 3 is 1.13 bits per heavy atom. The second kappa shape index (κ2) is 29.1.